The van der Waals surface area contributed by atoms with Crippen LogP contribution < -0.4 is 10.1 Å². The SMILES string of the molecule is COc1ccc(NC(=S)N2CCn3cccc3[C@@H]2c2cccnc2)cc1. The molecule has 4 rings (SSSR count). The summed E-state index contributed by atoms with van der Waals surface area (Å²) in [5, 5.41) is 4.06. The highest BCUT2D eigenvalue weighted by Gasteiger charge is 2.30. The molecule has 3 aromatic rings. The van der Waals surface area contributed by atoms with Crippen molar-refractivity contribution in [3.63, 3.8) is 0 Å². The number of fused-ring (bicyclic) bond motifs is 1. The third kappa shape index (κ3) is 3.15. The molecule has 132 valence electrons. The number of nitrogens with one attached hydrogen (secondary N) is 1. The van der Waals surface area contributed by atoms with E-state index in [0.717, 1.165) is 30.1 Å². The zero-order valence-electron chi connectivity index (χ0n) is 14.5. The number of hydrogen-bond acceptors (Lipinski definition) is 3. The summed E-state index contributed by atoms with van der Waals surface area (Å²) in [5.74, 6) is 0.825. The summed E-state index contributed by atoms with van der Waals surface area (Å²) in [6.45, 7) is 1.74. The summed E-state index contributed by atoms with van der Waals surface area (Å²) >= 11 is 5.75. The van der Waals surface area contributed by atoms with Crippen LogP contribution in [0.3, 0.4) is 0 Å². The Hall–Kier alpha value is -2.86. The van der Waals surface area contributed by atoms with Gasteiger partial charge >= 0.3 is 0 Å². The number of nitrogens with zero attached hydrogens (tertiary/aromatic N) is 3. The van der Waals surface area contributed by atoms with Gasteiger partial charge in [0.05, 0.1) is 13.2 Å². The molecule has 0 unspecified atom stereocenters. The Morgan fingerprint density at radius 3 is 2.73 bits per heavy atom. The van der Waals surface area contributed by atoms with Gasteiger partial charge in [-0.2, -0.15) is 0 Å². The second kappa shape index (κ2) is 7.17. The number of benzene rings is 1. The van der Waals surface area contributed by atoms with Crippen LogP contribution in [0.15, 0.2) is 67.1 Å². The largest absolute Gasteiger partial charge is 0.497 e. The van der Waals surface area contributed by atoms with E-state index in [2.05, 4.69) is 44.2 Å². The van der Waals surface area contributed by atoms with Crippen molar-refractivity contribution >= 4 is 23.0 Å². The van der Waals surface area contributed by atoms with Crippen LogP contribution in [0.25, 0.3) is 0 Å². The highest BCUT2D eigenvalue weighted by atomic mass is 32.1. The lowest BCUT2D eigenvalue weighted by atomic mass is 10.0. The van der Waals surface area contributed by atoms with Crippen LogP contribution in [0.1, 0.15) is 17.3 Å². The maximum absolute atomic E-state index is 5.75. The molecule has 0 radical (unpaired) electrons. The molecule has 0 saturated carbocycles. The zero-order valence-corrected chi connectivity index (χ0v) is 15.3. The third-order valence-electron chi connectivity index (χ3n) is 4.64. The van der Waals surface area contributed by atoms with Crippen LogP contribution in [-0.2, 0) is 6.54 Å². The molecule has 0 bridgehead atoms. The first-order valence-corrected chi connectivity index (χ1v) is 8.94. The van der Waals surface area contributed by atoms with Crippen molar-refractivity contribution in [1.29, 1.82) is 0 Å². The van der Waals surface area contributed by atoms with Gasteiger partial charge in [0.15, 0.2) is 5.11 Å². The maximum atomic E-state index is 5.75. The van der Waals surface area contributed by atoms with Crippen LogP contribution in [-0.4, -0.2) is 33.2 Å². The summed E-state index contributed by atoms with van der Waals surface area (Å²) in [5.41, 5.74) is 3.30. The molecular weight excluding hydrogens is 344 g/mol. The van der Waals surface area contributed by atoms with Crippen molar-refractivity contribution in [1.82, 2.24) is 14.5 Å². The summed E-state index contributed by atoms with van der Waals surface area (Å²) in [6, 6.07) is 16.1. The van der Waals surface area contributed by atoms with E-state index in [1.807, 2.05) is 36.5 Å². The number of thiocarbonyl (C=S) groups is 1. The van der Waals surface area contributed by atoms with Crippen LogP contribution in [0.4, 0.5) is 5.69 Å². The summed E-state index contributed by atoms with van der Waals surface area (Å²) < 4.78 is 7.50. The fourth-order valence-electron chi connectivity index (χ4n) is 3.36. The predicted molar refractivity (Wildman–Crippen MR) is 106 cm³/mol. The molecule has 5 nitrogen and oxygen atoms in total. The molecule has 1 atom stereocenters. The molecule has 0 amide bonds. The minimum absolute atomic E-state index is 0.0469. The van der Waals surface area contributed by atoms with Gasteiger partial charge in [-0.25, -0.2) is 0 Å². The van der Waals surface area contributed by atoms with E-state index in [1.165, 1.54) is 5.69 Å². The second-order valence-corrected chi connectivity index (χ2v) is 6.55. The molecule has 1 aromatic carbocycles. The Balaban J connectivity index is 1.62. The Labute approximate surface area is 158 Å². The van der Waals surface area contributed by atoms with E-state index in [4.69, 9.17) is 17.0 Å². The highest BCUT2D eigenvalue weighted by Crippen LogP contribution is 2.32. The van der Waals surface area contributed by atoms with Gasteiger partial charge in [0.25, 0.3) is 0 Å². The van der Waals surface area contributed by atoms with Crippen molar-refractivity contribution in [3.8, 4) is 5.75 Å². The molecule has 3 heterocycles. The molecule has 0 fully saturated rings. The normalized spacial score (nSPS) is 16.0. The molecular formula is C20H20N4OS. The molecule has 2 aromatic heterocycles. The fraction of sp³-hybridized carbons (Fsp3) is 0.200. The topological polar surface area (TPSA) is 42.3 Å². The molecule has 1 aliphatic rings. The molecule has 0 spiro atoms. The molecule has 0 saturated heterocycles. The first kappa shape index (κ1) is 16.6. The van der Waals surface area contributed by atoms with Gasteiger partial charge < -0.3 is 19.5 Å². The van der Waals surface area contributed by atoms with Gasteiger partial charge in [-0.05, 0) is 60.2 Å². The first-order chi connectivity index (χ1) is 12.8. The second-order valence-electron chi connectivity index (χ2n) is 6.17. The quantitative estimate of drug-likeness (QED) is 0.718. The lowest BCUT2D eigenvalue weighted by Gasteiger charge is -2.38. The Bertz CT molecular complexity index is 892. The van der Waals surface area contributed by atoms with E-state index >= 15 is 0 Å². The lowest BCUT2D eigenvalue weighted by Crippen LogP contribution is -2.44. The average Bonchev–Trinajstić information content (AvgIpc) is 3.17. The molecule has 0 aliphatic carbocycles. The van der Waals surface area contributed by atoms with Crippen molar-refractivity contribution in [3.05, 3.63) is 78.4 Å². The van der Waals surface area contributed by atoms with Gasteiger partial charge in [0, 0.05) is 43.1 Å². The van der Waals surface area contributed by atoms with Crippen molar-refractivity contribution in [2.45, 2.75) is 12.6 Å². The summed E-state index contributed by atoms with van der Waals surface area (Å²) in [7, 11) is 1.66. The Morgan fingerprint density at radius 2 is 2.00 bits per heavy atom. The number of methoxy groups -OCH3 is 1. The van der Waals surface area contributed by atoms with Crippen LogP contribution in [0.5, 0.6) is 5.75 Å². The van der Waals surface area contributed by atoms with Crippen molar-refractivity contribution in [2.24, 2.45) is 0 Å². The molecule has 6 heteroatoms. The minimum Gasteiger partial charge on any atom is -0.497 e. The monoisotopic (exact) mass is 364 g/mol. The number of hydrogen-bond donors (Lipinski definition) is 1. The number of pyridine rings is 1. The van der Waals surface area contributed by atoms with Gasteiger partial charge in [0.2, 0.25) is 0 Å². The van der Waals surface area contributed by atoms with Crippen LogP contribution >= 0.6 is 12.2 Å². The summed E-state index contributed by atoms with van der Waals surface area (Å²) in [6.07, 6.45) is 5.83. The smallest absolute Gasteiger partial charge is 0.174 e. The van der Waals surface area contributed by atoms with E-state index < -0.39 is 0 Å². The number of aromatic nitrogens is 2. The van der Waals surface area contributed by atoms with E-state index in [1.54, 1.807) is 13.3 Å². The van der Waals surface area contributed by atoms with E-state index in [-0.39, 0.29) is 6.04 Å². The molecule has 1 N–H and O–H groups in total. The fourth-order valence-corrected chi connectivity index (χ4v) is 3.67. The zero-order chi connectivity index (χ0) is 17.9. The number of anilines is 1. The number of ether oxygens (including phenoxy) is 1. The molecule has 1 aliphatic heterocycles. The van der Waals surface area contributed by atoms with Crippen molar-refractivity contribution in [2.75, 3.05) is 19.0 Å². The average molecular weight is 364 g/mol. The Kier molecular flexibility index (Phi) is 4.58. The number of rotatable bonds is 3. The van der Waals surface area contributed by atoms with Gasteiger partial charge in [-0.15, -0.1) is 0 Å². The van der Waals surface area contributed by atoms with Gasteiger partial charge in [0.1, 0.15) is 5.75 Å². The predicted octanol–water partition coefficient (Wildman–Crippen LogP) is 3.69. The van der Waals surface area contributed by atoms with Gasteiger partial charge in [-0.1, -0.05) is 6.07 Å². The third-order valence-corrected chi connectivity index (χ3v) is 4.98. The lowest BCUT2D eigenvalue weighted by molar-refractivity contribution is 0.293. The van der Waals surface area contributed by atoms with Crippen molar-refractivity contribution < 1.29 is 4.74 Å². The maximum Gasteiger partial charge on any atom is 0.174 e. The molecule has 26 heavy (non-hydrogen) atoms. The minimum atomic E-state index is 0.0469. The first-order valence-electron chi connectivity index (χ1n) is 8.53. The van der Waals surface area contributed by atoms with E-state index in [0.29, 0.717) is 5.11 Å². The standard InChI is InChI=1S/C20H20N4OS/c1-25-17-8-6-16(7-9-17)22-20(26)24-13-12-23-11-3-5-18(23)19(24)15-4-2-10-21-14-15/h2-11,14,19H,12-13H2,1H3,(H,22,26)/t19-/m0/s1. The van der Waals surface area contributed by atoms with Gasteiger partial charge in [-0.3, -0.25) is 4.98 Å². The summed E-state index contributed by atoms with van der Waals surface area (Å²) in [4.78, 5) is 6.53. The van der Waals surface area contributed by atoms with Crippen LogP contribution in [0.2, 0.25) is 0 Å². The van der Waals surface area contributed by atoms with Crippen LogP contribution in [0, 0.1) is 0 Å². The highest BCUT2D eigenvalue weighted by molar-refractivity contribution is 7.80. The Morgan fingerprint density at radius 1 is 1.15 bits per heavy atom. The van der Waals surface area contributed by atoms with E-state index in [9.17, 15) is 0 Å².